The molecule has 0 aromatic heterocycles. The van der Waals surface area contributed by atoms with Crippen LogP contribution in [0.5, 0.6) is 0 Å². The van der Waals surface area contributed by atoms with Crippen molar-refractivity contribution >= 4 is 0 Å². The lowest BCUT2D eigenvalue weighted by Crippen LogP contribution is -2.42. The Morgan fingerprint density at radius 1 is 1.31 bits per heavy atom. The molecule has 1 aliphatic heterocycles. The second-order valence-electron chi connectivity index (χ2n) is 5.01. The monoisotopic (exact) mass is 228 g/mol. The molecule has 0 bridgehead atoms. The number of nitrogens with zero attached hydrogens (tertiary/aromatic N) is 2. The Morgan fingerprint density at radius 3 is 2.56 bits per heavy atom. The molecule has 1 saturated heterocycles. The summed E-state index contributed by atoms with van der Waals surface area (Å²) in [6, 6.07) is 0. The van der Waals surface area contributed by atoms with Crippen LogP contribution in [-0.2, 0) is 0 Å². The molecule has 2 atom stereocenters. The van der Waals surface area contributed by atoms with Gasteiger partial charge in [0.2, 0.25) is 0 Å². The third-order valence-corrected chi connectivity index (χ3v) is 3.79. The predicted octanol–water partition coefficient (Wildman–Crippen LogP) is 1.42. The van der Waals surface area contributed by atoms with Crippen molar-refractivity contribution in [3.8, 4) is 0 Å². The fraction of sp³-hybridized carbons (Fsp3) is 1.00. The minimum Gasteiger partial charge on any atom is -0.393 e. The molecule has 0 saturated carbocycles. The Labute approximate surface area is 100 Å². The zero-order valence-electron chi connectivity index (χ0n) is 11.2. The molecule has 3 nitrogen and oxygen atoms in total. The summed E-state index contributed by atoms with van der Waals surface area (Å²) < 4.78 is 0. The van der Waals surface area contributed by atoms with Gasteiger partial charge in [0.05, 0.1) is 6.10 Å². The van der Waals surface area contributed by atoms with E-state index in [0.29, 0.717) is 5.92 Å². The average Bonchev–Trinajstić information content (AvgIpc) is 2.29. The van der Waals surface area contributed by atoms with Crippen LogP contribution in [0.1, 0.15) is 33.6 Å². The molecule has 1 N–H and O–H groups in total. The summed E-state index contributed by atoms with van der Waals surface area (Å²) in [5, 5.41) is 9.65. The van der Waals surface area contributed by atoms with Crippen molar-refractivity contribution in [2.75, 3.05) is 39.3 Å². The van der Waals surface area contributed by atoms with Gasteiger partial charge in [-0.3, -0.25) is 0 Å². The van der Waals surface area contributed by atoms with Crippen LogP contribution in [0, 0.1) is 5.92 Å². The number of aliphatic hydroxyl groups is 1. The second-order valence-corrected chi connectivity index (χ2v) is 5.01. The zero-order valence-corrected chi connectivity index (χ0v) is 11.2. The summed E-state index contributed by atoms with van der Waals surface area (Å²) >= 11 is 0. The number of aliphatic hydroxyl groups excluding tert-OH is 1. The molecule has 96 valence electrons. The van der Waals surface area contributed by atoms with Gasteiger partial charge in [0.1, 0.15) is 0 Å². The van der Waals surface area contributed by atoms with Crippen LogP contribution in [0.2, 0.25) is 0 Å². The maximum atomic E-state index is 9.65. The standard InChI is InChI=1S/C13H28N2O/c1-4-14(5-2)8-6-9-15-10-7-13(16)12(3)11-15/h12-13,16H,4-11H2,1-3H3. The molecule has 1 rings (SSSR count). The summed E-state index contributed by atoms with van der Waals surface area (Å²) in [5.74, 6) is 0.446. The van der Waals surface area contributed by atoms with Crippen molar-refractivity contribution < 1.29 is 5.11 Å². The van der Waals surface area contributed by atoms with Crippen LogP contribution < -0.4 is 0 Å². The number of hydrogen-bond donors (Lipinski definition) is 1. The van der Waals surface area contributed by atoms with E-state index >= 15 is 0 Å². The lowest BCUT2D eigenvalue weighted by Gasteiger charge is -2.34. The first-order valence-electron chi connectivity index (χ1n) is 6.80. The molecular formula is C13H28N2O. The number of hydrogen-bond acceptors (Lipinski definition) is 3. The Morgan fingerprint density at radius 2 is 2.00 bits per heavy atom. The highest BCUT2D eigenvalue weighted by Gasteiger charge is 2.23. The van der Waals surface area contributed by atoms with Gasteiger partial charge in [0, 0.05) is 13.1 Å². The van der Waals surface area contributed by atoms with E-state index in [1.807, 2.05) is 0 Å². The Balaban J connectivity index is 2.13. The molecule has 0 aliphatic carbocycles. The number of rotatable bonds is 6. The quantitative estimate of drug-likeness (QED) is 0.745. The van der Waals surface area contributed by atoms with Crippen LogP contribution in [0.15, 0.2) is 0 Å². The molecule has 0 aromatic rings. The molecule has 0 amide bonds. The van der Waals surface area contributed by atoms with Gasteiger partial charge >= 0.3 is 0 Å². The van der Waals surface area contributed by atoms with Crippen molar-refractivity contribution in [2.45, 2.75) is 39.7 Å². The van der Waals surface area contributed by atoms with Crippen LogP contribution in [-0.4, -0.2) is 60.3 Å². The van der Waals surface area contributed by atoms with E-state index in [4.69, 9.17) is 0 Å². The van der Waals surface area contributed by atoms with E-state index in [1.54, 1.807) is 0 Å². The van der Waals surface area contributed by atoms with Crippen LogP contribution in [0.4, 0.5) is 0 Å². The molecule has 3 heteroatoms. The average molecular weight is 228 g/mol. The van der Waals surface area contributed by atoms with Gasteiger partial charge in [0.25, 0.3) is 0 Å². The molecule has 2 unspecified atom stereocenters. The summed E-state index contributed by atoms with van der Waals surface area (Å²) in [6.45, 7) is 13.5. The van der Waals surface area contributed by atoms with Crippen LogP contribution in [0.25, 0.3) is 0 Å². The first kappa shape index (κ1) is 13.9. The highest BCUT2D eigenvalue weighted by molar-refractivity contribution is 4.77. The molecule has 0 aromatic carbocycles. The number of likely N-dealkylation sites (tertiary alicyclic amines) is 1. The van der Waals surface area contributed by atoms with Gasteiger partial charge in [0.15, 0.2) is 0 Å². The van der Waals surface area contributed by atoms with Crippen molar-refractivity contribution in [3.63, 3.8) is 0 Å². The van der Waals surface area contributed by atoms with Crippen molar-refractivity contribution in [1.29, 1.82) is 0 Å². The molecule has 1 aliphatic rings. The Hall–Kier alpha value is -0.120. The summed E-state index contributed by atoms with van der Waals surface area (Å²) in [7, 11) is 0. The highest BCUT2D eigenvalue weighted by Crippen LogP contribution is 2.16. The number of piperidine rings is 1. The minimum absolute atomic E-state index is 0.0703. The molecule has 1 heterocycles. The van der Waals surface area contributed by atoms with E-state index in [1.165, 1.54) is 19.5 Å². The van der Waals surface area contributed by atoms with Gasteiger partial charge < -0.3 is 14.9 Å². The third kappa shape index (κ3) is 4.40. The van der Waals surface area contributed by atoms with E-state index in [2.05, 4.69) is 30.6 Å². The zero-order chi connectivity index (χ0) is 12.0. The van der Waals surface area contributed by atoms with Crippen LogP contribution >= 0.6 is 0 Å². The van der Waals surface area contributed by atoms with Gasteiger partial charge in [-0.25, -0.2) is 0 Å². The molecule has 0 spiro atoms. The highest BCUT2D eigenvalue weighted by atomic mass is 16.3. The lowest BCUT2D eigenvalue weighted by molar-refractivity contribution is 0.0338. The molecule has 16 heavy (non-hydrogen) atoms. The van der Waals surface area contributed by atoms with E-state index < -0.39 is 0 Å². The summed E-state index contributed by atoms with van der Waals surface area (Å²) in [6.07, 6.45) is 2.13. The van der Waals surface area contributed by atoms with Crippen molar-refractivity contribution in [1.82, 2.24) is 9.80 Å². The predicted molar refractivity (Wildman–Crippen MR) is 68.6 cm³/mol. The minimum atomic E-state index is -0.0703. The fourth-order valence-electron chi connectivity index (χ4n) is 2.48. The van der Waals surface area contributed by atoms with Crippen molar-refractivity contribution in [2.24, 2.45) is 5.92 Å². The van der Waals surface area contributed by atoms with E-state index in [0.717, 1.165) is 32.6 Å². The van der Waals surface area contributed by atoms with Crippen molar-refractivity contribution in [3.05, 3.63) is 0 Å². The van der Waals surface area contributed by atoms with Gasteiger partial charge in [-0.05, 0) is 44.9 Å². The van der Waals surface area contributed by atoms with Gasteiger partial charge in [-0.15, -0.1) is 0 Å². The molecular weight excluding hydrogens is 200 g/mol. The second kappa shape index (κ2) is 7.25. The summed E-state index contributed by atoms with van der Waals surface area (Å²) in [4.78, 5) is 4.98. The van der Waals surface area contributed by atoms with Crippen LogP contribution in [0.3, 0.4) is 0 Å². The van der Waals surface area contributed by atoms with E-state index in [-0.39, 0.29) is 6.10 Å². The maximum Gasteiger partial charge on any atom is 0.0590 e. The molecule has 0 radical (unpaired) electrons. The normalized spacial score (nSPS) is 27.6. The fourth-order valence-corrected chi connectivity index (χ4v) is 2.48. The Bertz CT molecular complexity index is 183. The third-order valence-electron chi connectivity index (χ3n) is 3.79. The van der Waals surface area contributed by atoms with Gasteiger partial charge in [-0.1, -0.05) is 20.8 Å². The SMILES string of the molecule is CCN(CC)CCCN1CCC(O)C(C)C1. The maximum absolute atomic E-state index is 9.65. The topological polar surface area (TPSA) is 26.7 Å². The van der Waals surface area contributed by atoms with E-state index in [9.17, 15) is 5.11 Å². The smallest absolute Gasteiger partial charge is 0.0590 e. The first-order valence-corrected chi connectivity index (χ1v) is 6.80. The molecule has 1 fully saturated rings. The first-order chi connectivity index (χ1) is 7.67. The largest absolute Gasteiger partial charge is 0.393 e. The Kier molecular flexibility index (Phi) is 6.32. The summed E-state index contributed by atoms with van der Waals surface area (Å²) in [5.41, 5.74) is 0. The lowest BCUT2D eigenvalue weighted by atomic mass is 9.97. The van der Waals surface area contributed by atoms with Gasteiger partial charge in [-0.2, -0.15) is 0 Å².